The summed E-state index contributed by atoms with van der Waals surface area (Å²) in [5.41, 5.74) is -1.19. The molecule has 0 atom stereocenters. The van der Waals surface area contributed by atoms with Crippen LogP contribution in [0.2, 0.25) is 0 Å². The van der Waals surface area contributed by atoms with Crippen molar-refractivity contribution in [1.29, 1.82) is 0 Å². The number of likely N-dealkylation sites (N-methyl/N-ethyl adjacent to an activating group) is 2. The maximum atomic E-state index is 13.0. The Bertz CT molecular complexity index is 620. The second-order valence-corrected chi connectivity index (χ2v) is 8.53. The standard InChI is InChI=1S/C19H32N4O4/c1-6-22(12-14(24)20-18(2,3)4)15(25)13-23-16(26)19(21(5)17(23)27)10-8-7-9-11-19/h6-13H2,1-5H3,(H,20,24). The van der Waals surface area contributed by atoms with Crippen molar-refractivity contribution in [1.82, 2.24) is 20.0 Å². The SMILES string of the molecule is CCN(CC(=O)NC(C)(C)C)C(=O)CN1C(=O)N(C)C2(CCCCC2)C1=O. The first-order chi connectivity index (χ1) is 12.5. The molecule has 1 spiro atoms. The first-order valence-electron chi connectivity index (χ1n) is 9.70. The number of hydrogen-bond acceptors (Lipinski definition) is 4. The number of nitrogens with one attached hydrogen (secondary N) is 1. The zero-order valence-electron chi connectivity index (χ0n) is 17.1. The van der Waals surface area contributed by atoms with Crippen molar-refractivity contribution in [3.8, 4) is 0 Å². The summed E-state index contributed by atoms with van der Waals surface area (Å²) in [6.07, 6.45) is 4.15. The summed E-state index contributed by atoms with van der Waals surface area (Å²) >= 11 is 0. The number of urea groups is 1. The minimum absolute atomic E-state index is 0.0934. The molecule has 152 valence electrons. The number of rotatable bonds is 5. The fraction of sp³-hybridized carbons (Fsp3) is 0.789. The third-order valence-electron chi connectivity index (χ3n) is 5.36. The number of hydrogen-bond donors (Lipinski definition) is 1. The number of nitrogens with zero attached hydrogens (tertiary/aromatic N) is 3. The molecule has 8 heteroatoms. The highest BCUT2D eigenvalue weighted by atomic mass is 16.2. The molecule has 0 unspecified atom stereocenters. The molecule has 0 aromatic heterocycles. The van der Waals surface area contributed by atoms with Gasteiger partial charge < -0.3 is 15.1 Å². The Morgan fingerprint density at radius 1 is 1.15 bits per heavy atom. The van der Waals surface area contributed by atoms with Crippen LogP contribution in [0.25, 0.3) is 0 Å². The lowest BCUT2D eigenvalue weighted by Gasteiger charge is -2.35. The minimum atomic E-state index is -0.795. The van der Waals surface area contributed by atoms with Crippen molar-refractivity contribution < 1.29 is 19.2 Å². The first kappa shape index (κ1) is 21.2. The van der Waals surface area contributed by atoms with Gasteiger partial charge in [0.05, 0.1) is 6.54 Å². The Hall–Kier alpha value is -2.12. The molecule has 0 bridgehead atoms. The Labute approximate surface area is 161 Å². The monoisotopic (exact) mass is 380 g/mol. The van der Waals surface area contributed by atoms with Crippen LogP contribution in [0.3, 0.4) is 0 Å². The van der Waals surface area contributed by atoms with Crippen LogP contribution in [0.5, 0.6) is 0 Å². The second kappa shape index (κ2) is 7.86. The van der Waals surface area contributed by atoms with Gasteiger partial charge in [0.15, 0.2) is 0 Å². The van der Waals surface area contributed by atoms with Crippen LogP contribution < -0.4 is 5.32 Å². The predicted octanol–water partition coefficient (Wildman–Crippen LogP) is 1.35. The van der Waals surface area contributed by atoms with Gasteiger partial charge in [-0.25, -0.2) is 4.79 Å². The van der Waals surface area contributed by atoms with E-state index in [1.807, 2.05) is 20.8 Å². The van der Waals surface area contributed by atoms with E-state index in [1.54, 1.807) is 14.0 Å². The van der Waals surface area contributed by atoms with Gasteiger partial charge in [-0.05, 0) is 40.5 Å². The highest BCUT2D eigenvalue weighted by molar-refractivity contribution is 6.09. The van der Waals surface area contributed by atoms with Crippen LogP contribution in [0, 0.1) is 0 Å². The van der Waals surface area contributed by atoms with Crippen LogP contribution in [0.1, 0.15) is 59.8 Å². The maximum Gasteiger partial charge on any atom is 0.327 e. The van der Waals surface area contributed by atoms with E-state index in [1.165, 1.54) is 9.80 Å². The van der Waals surface area contributed by atoms with Gasteiger partial charge >= 0.3 is 6.03 Å². The Kier molecular flexibility index (Phi) is 6.17. The quantitative estimate of drug-likeness (QED) is 0.729. The van der Waals surface area contributed by atoms with Gasteiger partial charge in [-0.15, -0.1) is 0 Å². The van der Waals surface area contributed by atoms with Crippen molar-refractivity contribution >= 4 is 23.8 Å². The van der Waals surface area contributed by atoms with E-state index in [-0.39, 0.29) is 24.9 Å². The Morgan fingerprint density at radius 2 is 1.74 bits per heavy atom. The molecule has 8 nitrogen and oxygen atoms in total. The van der Waals surface area contributed by atoms with E-state index >= 15 is 0 Å². The fourth-order valence-electron chi connectivity index (χ4n) is 3.91. The van der Waals surface area contributed by atoms with Crippen molar-refractivity contribution in [2.24, 2.45) is 0 Å². The third-order valence-corrected chi connectivity index (χ3v) is 5.36. The lowest BCUT2D eigenvalue weighted by atomic mass is 9.81. The van der Waals surface area contributed by atoms with E-state index < -0.39 is 23.0 Å². The molecule has 1 aliphatic carbocycles. The van der Waals surface area contributed by atoms with Gasteiger partial charge in [0.2, 0.25) is 11.8 Å². The van der Waals surface area contributed by atoms with Gasteiger partial charge in [0.1, 0.15) is 12.1 Å². The van der Waals surface area contributed by atoms with E-state index in [0.717, 1.165) is 24.2 Å². The molecule has 0 radical (unpaired) electrons. The zero-order chi connectivity index (χ0) is 20.4. The molecule has 2 aliphatic rings. The molecular weight excluding hydrogens is 348 g/mol. The molecule has 5 amide bonds. The number of amides is 5. The van der Waals surface area contributed by atoms with Crippen LogP contribution in [-0.4, -0.2) is 76.2 Å². The van der Waals surface area contributed by atoms with Gasteiger partial charge in [-0.2, -0.15) is 0 Å². The lowest BCUT2D eigenvalue weighted by molar-refractivity contribution is -0.141. The third kappa shape index (κ3) is 4.42. The molecular formula is C19H32N4O4. The smallest absolute Gasteiger partial charge is 0.327 e. The highest BCUT2D eigenvalue weighted by Crippen LogP contribution is 2.39. The summed E-state index contributed by atoms with van der Waals surface area (Å²) in [6.45, 7) is 7.28. The number of imide groups is 1. The average Bonchev–Trinajstić information content (AvgIpc) is 2.75. The van der Waals surface area contributed by atoms with Crippen LogP contribution in [0.15, 0.2) is 0 Å². The van der Waals surface area contributed by atoms with Gasteiger partial charge in [0.25, 0.3) is 5.91 Å². The number of carbonyl (C=O) groups is 4. The summed E-state index contributed by atoms with van der Waals surface area (Å²) < 4.78 is 0. The topological polar surface area (TPSA) is 90.0 Å². The summed E-state index contributed by atoms with van der Waals surface area (Å²) in [7, 11) is 1.64. The number of carbonyl (C=O) groups excluding carboxylic acids is 4. The van der Waals surface area contributed by atoms with E-state index in [0.29, 0.717) is 19.4 Å². The van der Waals surface area contributed by atoms with Gasteiger partial charge in [-0.1, -0.05) is 19.3 Å². The predicted molar refractivity (Wildman–Crippen MR) is 101 cm³/mol. The Morgan fingerprint density at radius 3 is 2.26 bits per heavy atom. The fourth-order valence-corrected chi connectivity index (χ4v) is 3.91. The van der Waals surface area contributed by atoms with Crippen molar-refractivity contribution in [3.05, 3.63) is 0 Å². The Balaban J connectivity index is 2.06. The summed E-state index contributed by atoms with van der Waals surface area (Å²) in [5.74, 6) is -0.944. The maximum absolute atomic E-state index is 13.0. The van der Waals surface area contributed by atoms with Crippen LogP contribution in [-0.2, 0) is 14.4 Å². The normalized spacial score (nSPS) is 19.6. The molecule has 2 fully saturated rings. The molecule has 1 saturated heterocycles. The largest absolute Gasteiger partial charge is 0.350 e. The molecule has 27 heavy (non-hydrogen) atoms. The summed E-state index contributed by atoms with van der Waals surface area (Å²) in [6, 6.07) is -0.426. The second-order valence-electron chi connectivity index (χ2n) is 8.53. The van der Waals surface area contributed by atoms with Crippen molar-refractivity contribution in [2.75, 3.05) is 26.7 Å². The highest BCUT2D eigenvalue weighted by Gasteiger charge is 2.55. The summed E-state index contributed by atoms with van der Waals surface area (Å²) in [5, 5.41) is 2.82. The first-order valence-corrected chi connectivity index (χ1v) is 9.70. The van der Waals surface area contributed by atoms with E-state index in [4.69, 9.17) is 0 Å². The van der Waals surface area contributed by atoms with Crippen molar-refractivity contribution in [3.63, 3.8) is 0 Å². The van der Waals surface area contributed by atoms with E-state index in [2.05, 4.69) is 5.32 Å². The van der Waals surface area contributed by atoms with Gasteiger partial charge in [-0.3, -0.25) is 19.3 Å². The molecule has 0 aromatic carbocycles. The molecule has 1 heterocycles. The minimum Gasteiger partial charge on any atom is -0.350 e. The summed E-state index contributed by atoms with van der Waals surface area (Å²) in [4.78, 5) is 54.3. The van der Waals surface area contributed by atoms with Gasteiger partial charge in [0, 0.05) is 19.1 Å². The zero-order valence-corrected chi connectivity index (χ0v) is 17.1. The van der Waals surface area contributed by atoms with E-state index in [9.17, 15) is 19.2 Å². The van der Waals surface area contributed by atoms with Crippen LogP contribution >= 0.6 is 0 Å². The lowest BCUT2D eigenvalue weighted by Crippen LogP contribution is -2.51. The van der Waals surface area contributed by atoms with Crippen molar-refractivity contribution in [2.45, 2.75) is 70.9 Å². The molecule has 0 aromatic rings. The molecule has 1 N–H and O–H groups in total. The van der Waals surface area contributed by atoms with Crippen LogP contribution in [0.4, 0.5) is 4.79 Å². The molecule has 1 saturated carbocycles. The molecule has 2 rings (SSSR count). The average molecular weight is 380 g/mol. The molecule has 1 aliphatic heterocycles.